The lowest BCUT2D eigenvalue weighted by Crippen LogP contribution is -2.55. The van der Waals surface area contributed by atoms with E-state index in [-0.39, 0.29) is 12.1 Å². The highest BCUT2D eigenvalue weighted by Crippen LogP contribution is 2.89. The van der Waals surface area contributed by atoms with Gasteiger partial charge in [0.1, 0.15) is 0 Å². The fraction of sp³-hybridized carbons (Fsp3) is 0.250. The zero-order valence-corrected chi connectivity index (χ0v) is 40.4. The first-order chi connectivity index (χ1) is 32.0. The van der Waals surface area contributed by atoms with Gasteiger partial charge in [-0.15, -0.1) is 0 Å². The third-order valence-corrected chi connectivity index (χ3v) is 19.7. The van der Waals surface area contributed by atoms with Crippen LogP contribution < -0.4 is 32.3 Å². The van der Waals surface area contributed by atoms with Gasteiger partial charge in [0.15, 0.2) is 0 Å². The maximum absolute atomic E-state index is 2.55. The molecule has 8 aromatic carbocycles. The number of aryl methyl sites for hydroxylation is 6. The molecule has 2 heteroatoms. The van der Waals surface area contributed by atoms with Crippen LogP contribution in [-0.4, -0.2) is 6.71 Å². The van der Waals surface area contributed by atoms with Crippen molar-refractivity contribution < 1.29 is 0 Å². The van der Waals surface area contributed by atoms with Crippen molar-refractivity contribution in [2.24, 2.45) is 17.3 Å². The van der Waals surface area contributed by atoms with Crippen LogP contribution in [0.2, 0.25) is 0 Å². The molecule has 4 fully saturated rings. The standard InChI is InChI=1S/C64H60BP/c1-42-31-44(3)60(45(4)32-42)65(61-46(5)33-43(2)34-47(61)6)55-18-14-17-51(36-55)50-16-13-15-49(35-50)48-23-25-54(26-24-48)64-40-62(37-52-38-63(64,41-64)59(52)39-62)53-27-29-58(30-28-53)66(56-19-9-7-10-20-56)57-21-11-8-12-22-57/h7-36,52,59H,37-41H2,1-6H3. The summed E-state index contributed by atoms with van der Waals surface area (Å²) in [6.45, 7) is 13.8. The second-order valence-electron chi connectivity index (χ2n) is 21.2. The fourth-order valence-corrected chi connectivity index (χ4v) is 17.0. The van der Waals surface area contributed by atoms with Crippen molar-refractivity contribution in [3.63, 3.8) is 0 Å². The van der Waals surface area contributed by atoms with Gasteiger partial charge in [0.05, 0.1) is 0 Å². The summed E-state index contributed by atoms with van der Waals surface area (Å²) in [5, 5.41) is 4.29. The van der Waals surface area contributed by atoms with Gasteiger partial charge in [0.2, 0.25) is 6.71 Å². The predicted octanol–water partition coefficient (Wildman–Crippen LogP) is 12.5. The van der Waals surface area contributed by atoms with Crippen LogP contribution >= 0.6 is 7.92 Å². The maximum Gasteiger partial charge on any atom is 0.242 e. The Morgan fingerprint density at radius 3 is 1.50 bits per heavy atom. The minimum atomic E-state index is -0.602. The normalized spacial score (nSPS) is 23.3. The van der Waals surface area contributed by atoms with E-state index in [2.05, 4.69) is 224 Å². The van der Waals surface area contributed by atoms with Crippen molar-refractivity contribution in [3.05, 3.63) is 226 Å². The third-order valence-electron chi connectivity index (χ3n) is 17.3. The zero-order chi connectivity index (χ0) is 45.0. The van der Waals surface area contributed by atoms with Crippen molar-refractivity contribution in [1.29, 1.82) is 0 Å². The summed E-state index contributed by atoms with van der Waals surface area (Å²) in [5.74, 6) is 1.77. The van der Waals surface area contributed by atoms with Crippen LogP contribution in [0, 0.1) is 58.8 Å². The van der Waals surface area contributed by atoms with Gasteiger partial charge in [0, 0.05) is 5.41 Å². The lowest BCUT2D eigenvalue weighted by molar-refractivity contribution is 0.0415. The molecule has 0 nitrogen and oxygen atoms in total. The van der Waals surface area contributed by atoms with Crippen LogP contribution in [0.15, 0.2) is 182 Å². The molecule has 0 amide bonds. The monoisotopic (exact) mass is 870 g/mol. The lowest BCUT2D eigenvalue weighted by Gasteiger charge is -2.49. The predicted molar refractivity (Wildman–Crippen MR) is 284 cm³/mol. The summed E-state index contributed by atoms with van der Waals surface area (Å²) in [6.07, 6.45) is 6.86. The van der Waals surface area contributed by atoms with Crippen LogP contribution in [0.1, 0.15) is 76.6 Å². The molecule has 4 aliphatic carbocycles. The van der Waals surface area contributed by atoms with E-state index in [0.29, 0.717) is 10.8 Å². The Balaban J connectivity index is 0.838. The number of hydrogen-bond acceptors (Lipinski definition) is 0. The highest BCUT2D eigenvalue weighted by Gasteiger charge is 2.83. The first-order valence-electron chi connectivity index (χ1n) is 24.5. The Morgan fingerprint density at radius 1 is 0.424 bits per heavy atom. The van der Waals surface area contributed by atoms with Gasteiger partial charge in [0.25, 0.3) is 0 Å². The second-order valence-corrected chi connectivity index (χ2v) is 23.5. The molecule has 1 spiro atoms. The summed E-state index contributed by atoms with van der Waals surface area (Å²) in [6, 6.07) is 70.5. The van der Waals surface area contributed by atoms with Crippen molar-refractivity contribution >= 4 is 46.9 Å². The summed E-state index contributed by atoms with van der Waals surface area (Å²) in [4.78, 5) is 0. The van der Waals surface area contributed by atoms with Crippen LogP contribution in [0.25, 0.3) is 22.3 Å². The largest absolute Gasteiger partial charge is 0.242 e. The molecule has 5 unspecified atom stereocenters. The molecular weight excluding hydrogens is 810 g/mol. The SMILES string of the molecule is Cc1cc(C)c(B(c2cccc(-c3cccc(-c4ccc(C56CC7(c8ccc(P(c9ccccc9)c9ccccc9)cc8)CC8CC5(C6)C8C7)cc4)c3)c2)c2c(C)cc(C)cc2C)c(C)c1. The topological polar surface area (TPSA) is 0 Å². The van der Waals surface area contributed by atoms with Crippen molar-refractivity contribution in [2.45, 2.75) is 84.5 Å². The van der Waals surface area contributed by atoms with E-state index in [4.69, 9.17) is 0 Å². The molecule has 8 aromatic rings. The minimum absolute atomic E-state index is 0.152. The molecule has 0 aliphatic heterocycles. The van der Waals surface area contributed by atoms with E-state index < -0.39 is 7.92 Å². The first kappa shape index (κ1) is 41.7. The summed E-state index contributed by atoms with van der Waals surface area (Å²) in [5.41, 5.74) is 21.7. The average Bonchev–Trinajstić information content (AvgIpc) is 3.97. The fourth-order valence-electron chi connectivity index (χ4n) is 14.8. The average molecular weight is 871 g/mol. The van der Waals surface area contributed by atoms with Gasteiger partial charge >= 0.3 is 0 Å². The number of fused-ring (bicyclic) bond motifs is 1. The molecule has 4 saturated carbocycles. The van der Waals surface area contributed by atoms with E-state index in [1.807, 2.05) is 0 Å². The maximum atomic E-state index is 2.55. The Hall–Kier alpha value is -5.75. The molecule has 12 rings (SSSR count). The summed E-state index contributed by atoms with van der Waals surface area (Å²) in [7, 11) is -0.602. The minimum Gasteiger partial charge on any atom is -0.0680 e. The molecule has 0 radical (unpaired) electrons. The number of hydrogen-bond donors (Lipinski definition) is 0. The number of rotatable bonds is 10. The van der Waals surface area contributed by atoms with Crippen LogP contribution in [0.3, 0.4) is 0 Å². The van der Waals surface area contributed by atoms with Crippen LogP contribution in [0.4, 0.5) is 0 Å². The van der Waals surface area contributed by atoms with Gasteiger partial charge in [-0.05, 0) is 160 Å². The molecule has 5 atom stereocenters. The Bertz CT molecular complexity index is 3010. The Labute approximate surface area is 395 Å². The van der Waals surface area contributed by atoms with Gasteiger partial charge in [-0.3, -0.25) is 0 Å². The molecule has 0 N–H and O–H groups in total. The molecule has 4 aliphatic rings. The zero-order valence-electron chi connectivity index (χ0n) is 39.5. The summed E-state index contributed by atoms with van der Waals surface area (Å²) < 4.78 is 0. The molecule has 0 aromatic heterocycles. The molecule has 2 bridgehead atoms. The third kappa shape index (κ3) is 6.59. The quantitative estimate of drug-likeness (QED) is 0.0949. The van der Waals surface area contributed by atoms with Gasteiger partial charge in [-0.1, -0.05) is 226 Å². The highest BCUT2D eigenvalue weighted by molar-refractivity contribution is 7.79. The lowest BCUT2D eigenvalue weighted by atomic mass is 9.34. The van der Waals surface area contributed by atoms with E-state index in [9.17, 15) is 0 Å². The number of benzene rings is 8. The van der Waals surface area contributed by atoms with Gasteiger partial charge in [-0.2, -0.15) is 0 Å². The van der Waals surface area contributed by atoms with E-state index in [1.54, 1.807) is 11.1 Å². The highest BCUT2D eigenvalue weighted by atomic mass is 31.1. The van der Waals surface area contributed by atoms with Gasteiger partial charge in [-0.25, -0.2) is 0 Å². The van der Waals surface area contributed by atoms with Crippen molar-refractivity contribution in [2.75, 3.05) is 0 Å². The smallest absolute Gasteiger partial charge is 0.0680 e. The summed E-state index contributed by atoms with van der Waals surface area (Å²) >= 11 is 0. The molecule has 66 heavy (non-hydrogen) atoms. The van der Waals surface area contributed by atoms with E-state index in [1.165, 1.54) is 120 Å². The van der Waals surface area contributed by atoms with Crippen LogP contribution in [0.5, 0.6) is 0 Å². The Morgan fingerprint density at radius 2 is 0.924 bits per heavy atom. The van der Waals surface area contributed by atoms with Crippen molar-refractivity contribution in [1.82, 2.24) is 0 Å². The molecule has 0 saturated heterocycles. The van der Waals surface area contributed by atoms with E-state index in [0.717, 1.165) is 11.8 Å². The molecule has 0 heterocycles. The first-order valence-corrected chi connectivity index (χ1v) is 25.9. The van der Waals surface area contributed by atoms with E-state index >= 15 is 0 Å². The Kier molecular flexibility index (Phi) is 9.90. The second kappa shape index (κ2) is 15.7. The molecule has 324 valence electrons. The molecular formula is C64H60BP. The van der Waals surface area contributed by atoms with Gasteiger partial charge < -0.3 is 0 Å². The van der Waals surface area contributed by atoms with Crippen LogP contribution in [-0.2, 0) is 10.8 Å². The van der Waals surface area contributed by atoms with Crippen molar-refractivity contribution in [3.8, 4) is 22.3 Å².